The van der Waals surface area contributed by atoms with E-state index in [1.165, 1.54) is 5.56 Å². The minimum atomic E-state index is -0.439. The largest absolute Gasteiger partial charge is 0.393 e. The van der Waals surface area contributed by atoms with Gasteiger partial charge in [-0.05, 0) is 25.3 Å². The first kappa shape index (κ1) is 18.5. The molecule has 1 saturated carbocycles. The van der Waals surface area contributed by atoms with Gasteiger partial charge in [-0.3, -0.25) is 4.79 Å². The monoisotopic (exact) mass is 358 g/mol. The molecular weight excluding hydrogens is 332 g/mol. The van der Waals surface area contributed by atoms with Gasteiger partial charge in [0.05, 0.1) is 12.7 Å². The van der Waals surface area contributed by atoms with Crippen LogP contribution in [0.1, 0.15) is 35.7 Å². The van der Waals surface area contributed by atoms with Gasteiger partial charge in [-0.15, -0.1) is 10.2 Å². The molecule has 0 spiro atoms. The van der Waals surface area contributed by atoms with Gasteiger partial charge in [-0.1, -0.05) is 29.8 Å². The van der Waals surface area contributed by atoms with Crippen molar-refractivity contribution in [2.75, 3.05) is 13.2 Å². The number of aryl methyl sites for hydroxylation is 2. The second kappa shape index (κ2) is 8.42. The molecular formula is C19H26N4O3. The minimum absolute atomic E-state index is 0.0173. The van der Waals surface area contributed by atoms with Crippen molar-refractivity contribution in [3.63, 3.8) is 0 Å². The lowest BCUT2D eigenvalue weighted by Gasteiger charge is -2.15. The maximum absolute atomic E-state index is 12.0. The zero-order valence-electron chi connectivity index (χ0n) is 15.3. The Morgan fingerprint density at radius 1 is 1.35 bits per heavy atom. The van der Waals surface area contributed by atoms with Crippen molar-refractivity contribution < 1.29 is 14.6 Å². The number of carbonyl (C=O) groups is 1. The van der Waals surface area contributed by atoms with Crippen molar-refractivity contribution in [3.05, 3.63) is 47.5 Å². The number of nitrogens with zero attached hydrogens (tertiary/aromatic N) is 3. The van der Waals surface area contributed by atoms with Crippen LogP contribution >= 0.6 is 0 Å². The highest BCUT2D eigenvalue weighted by Crippen LogP contribution is 2.37. The summed E-state index contributed by atoms with van der Waals surface area (Å²) in [5, 5.41) is 21.2. The van der Waals surface area contributed by atoms with E-state index in [-0.39, 0.29) is 24.3 Å². The molecule has 140 valence electrons. The summed E-state index contributed by atoms with van der Waals surface area (Å²) in [4.78, 5) is 12.0. The first-order valence-corrected chi connectivity index (χ1v) is 8.95. The van der Waals surface area contributed by atoms with Gasteiger partial charge in [0.25, 0.3) is 0 Å². The number of nitrogens with one attached hydrogen (secondary N) is 1. The summed E-state index contributed by atoms with van der Waals surface area (Å²) in [5.74, 6) is 0.931. The SMILES string of the molecule is Cc1ccc(COCC(=O)NC[C@H]2C[C@H](c3nncn3C)C[C@H]2O)cc1. The molecule has 0 unspecified atom stereocenters. The Bertz CT molecular complexity index is 729. The summed E-state index contributed by atoms with van der Waals surface area (Å²) in [5.41, 5.74) is 2.24. The van der Waals surface area contributed by atoms with E-state index in [2.05, 4.69) is 15.5 Å². The predicted molar refractivity (Wildman–Crippen MR) is 96.3 cm³/mol. The number of benzene rings is 1. The molecule has 0 bridgehead atoms. The molecule has 1 aromatic carbocycles. The van der Waals surface area contributed by atoms with Crippen molar-refractivity contribution in [3.8, 4) is 0 Å². The number of aliphatic hydroxyl groups excluding tert-OH is 1. The minimum Gasteiger partial charge on any atom is -0.393 e. The summed E-state index contributed by atoms with van der Waals surface area (Å²) in [6, 6.07) is 8.03. The highest BCUT2D eigenvalue weighted by molar-refractivity contribution is 5.77. The van der Waals surface area contributed by atoms with Crippen LogP contribution in [0.3, 0.4) is 0 Å². The van der Waals surface area contributed by atoms with E-state index in [0.717, 1.165) is 17.8 Å². The molecule has 3 atom stereocenters. The zero-order chi connectivity index (χ0) is 18.5. The zero-order valence-corrected chi connectivity index (χ0v) is 15.3. The van der Waals surface area contributed by atoms with E-state index in [0.29, 0.717) is 19.6 Å². The maximum atomic E-state index is 12.0. The first-order chi connectivity index (χ1) is 12.5. The van der Waals surface area contributed by atoms with Gasteiger partial charge in [-0.25, -0.2) is 0 Å². The second-order valence-corrected chi connectivity index (χ2v) is 7.08. The molecule has 0 aliphatic heterocycles. The summed E-state index contributed by atoms with van der Waals surface area (Å²) in [6.45, 7) is 2.91. The number of rotatable bonds is 7. The number of hydrogen-bond acceptors (Lipinski definition) is 5. The Morgan fingerprint density at radius 2 is 2.12 bits per heavy atom. The average Bonchev–Trinajstić information content (AvgIpc) is 3.20. The van der Waals surface area contributed by atoms with Crippen LogP contribution in [0.15, 0.2) is 30.6 Å². The molecule has 0 saturated heterocycles. The molecule has 2 aromatic rings. The van der Waals surface area contributed by atoms with Crippen molar-refractivity contribution >= 4 is 5.91 Å². The third kappa shape index (κ3) is 4.68. The van der Waals surface area contributed by atoms with Crippen LogP contribution in [0, 0.1) is 12.8 Å². The molecule has 1 fully saturated rings. The molecule has 3 rings (SSSR count). The number of ether oxygens (including phenoxy) is 1. The Hall–Kier alpha value is -2.25. The number of hydrogen-bond donors (Lipinski definition) is 2. The lowest BCUT2D eigenvalue weighted by atomic mass is 10.0. The summed E-state index contributed by atoms with van der Waals surface area (Å²) in [7, 11) is 1.90. The summed E-state index contributed by atoms with van der Waals surface area (Å²) < 4.78 is 7.35. The van der Waals surface area contributed by atoms with Crippen LogP contribution in [0.25, 0.3) is 0 Å². The normalized spacial score (nSPS) is 22.5. The number of aromatic nitrogens is 3. The van der Waals surface area contributed by atoms with Gasteiger partial charge in [0.2, 0.25) is 5.91 Å². The second-order valence-electron chi connectivity index (χ2n) is 7.08. The smallest absolute Gasteiger partial charge is 0.246 e. The highest BCUT2D eigenvalue weighted by Gasteiger charge is 2.35. The molecule has 1 aliphatic rings. The van der Waals surface area contributed by atoms with E-state index < -0.39 is 6.10 Å². The summed E-state index contributed by atoms with van der Waals surface area (Å²) in [6.07, 6.45) is 2.67. The van der Waals surface area contributed by atoms with Gasteiger partial charge in [-0.2, -0.15) is 0 Å². The molecule has 1 aliphatic carbocycles. The Labute approximate surface area is 153 Å². The lowest BCUT2D eigenvalue weighted by Crippen LogP contribution is -2.34. The van der Waals surface area contributed by atoms with Gasteiger partial charge < -0.3 is 19.7 Å². The van der Waals surface area contributed by atoms with Crippen LogP contribution in [-0.2, 0) is 23.2 Å². The van der Waals surface area contributed by atoms with Crippen LogP contribution in [0.5, 0.6) is 0 Å². The van der Waals surface area contributed by atoms with E-state index in [4.69, 9.17) is 4.74 Å². The molecule has 1 amide bonds. The van der Waals surface area contributed by atoms with Gasteiger partial charge in [0, 0.05) is 25.4 Å². The van der Waals surface area contributed by atoms with E-state index in [1.54, 1.807) is 6.33 Å². The fraction of sp³-hybridized carbons (Fsp3) is 0.526. The van der Waals surface area contributed by atoms with Gasteiger partial charge in [0.1, 0.15) is 18.8 Å². The molecule has 2 N–H and O–H groups in total. The quantitative estimate of drug-likeness (QED) is 0.779. The molecule has 26 heavy (non-hydrogen) atoms. The Morgan fingerprint density at radius 3 is 2.81 bits per heavy atom. The average molecular weight is 358 g/mol. The van der Waals surface area contributed by atoms with Crippen molar-refractivity contribution in [1.82, 2.24) is 20.1 Å². The van der Waals surface area contributed by atoms with E-state index in [9.17, 15) is 9.90 Å². The van der Waals surface area contributed by atoms with E-state index >= 15 is 0 Å². The van der Waals surface area contributed by atoms with Crippen LogP contribution in [-0.4, -0.2) is 45.0 Å². The highest BCUT2D eigenvalue weighted by atomic mass is 16.5. The van der Waals surface area contributed by atoms with Gasteiger partial charge >= 0.3 is 0 Å². The van der Waals surface area contributed by atoms with Crippen LogP contribution in [0.2, 0.25) is 0 Å². The molecule has 0 radical (unpaired) electrons. The number of amides is 1. The Balaban J connectivity index is 1.39. The van der Waals surface area contributed by atoms with Crippen molar-refractivity contribution in [2.45, 2.75) is 38.4 Å². The number of carbonyl (C=O) groups excluding carboxylic acids is 1. The molecule has 1 aromatic heterocycles. The standard InChI is InChI=1S/C19H26N4O3/c1-13-3-5-14(6-4-13)10-26-11-18(25)20-9-16-7-15(8-17(16)24)19-22-21-12-23(19)2/h3-6,12,15-17,24H,7-11H2,1-2H3,(H,20,25)/t15-,16+,17+/m0/s1. The fourth-order valence-corrected chi connectivity index (χ4v) is 3.44. The topological polar surface area (TPSA) is 89.3 Å². The Kier molecular flexibility index (Phi) is 6.00. The van der Waals surface area contributed by atoms with Gasteiger partial charge in [0.15, 0.2) is 0 Å². The third-order valence-corrected chi connectivity index (χ3v) is 4.95. The van der Waals surface area contributed by atoms with E-state index in [1.807, 2.05) is 42.8 Å². The molecule has 7 nitrogen and oxygen atoms in total. The maximum Gasteiger partial charge on any atom is 0.246 e. The van der Waals surface area contributed by atoms with Crippen molar-refractivity contribution in [2.24, 2.45) is 13.0 Å². The lowest BCUT2D eigenvalue weighted by molar-refractivity contribution is -0.126. The number of aliphatic hydroxyl groups is 1. The van der Waals surface area contributed by atoms with Crippen LogP contribution < -0.4 is 5.32 Å². The molecule has 1 heterocycles. The predicted octanol–water partition coefficient (Wildman–Crippen LogP) is 1.31. The fourth-order valence-electron chi connectivity index (χ4n) is 3.44. The summed E-state index contributed by atoms with van der Waals surface area (Å²) >= 11 is 0. The van der Waals surface area contributed by atoms with Crippen molar-refractivity contribution in [1.29, 1.82) is 0 Å². The molecule has 7 heteroatoms. The third-order valence-electron chi connectivity index (χ3n) is 4.95. The first-order valence-electron chi connectivity index (χ1n) is 8.95. The van der Waals surface area contributed by atoms with Crippen LogP contribution in [0.4, 0.5) is 0 Å².